The molecule has 3 N–H and O–H groups in total. The number of anilines is 2. The van der Waals surface area contributed by atoms with Gasteiger partial charge < -0.3 is 25.2 Å². The molecule has 10 heteroatoms. The van der Waals surface area contributed by atoms with Crippen LogP contribution in [-0.2, 0) is 11.2 Å². The van der Waals surface area contributed by atoms with Crippen LogP contribution < -0.4 is 20.1 Å². The Morgan fingerprint density at radius 3 is 2.59 bits per heavy atom. The lowest BCUT2D eigenvalue weighted by Crippen LogP contribution is -2.31. The molecule has 3 aromatic rings. The van der Waals surface area contributed by atoms with E-state index in [0.717, 1.165) is 9.13 Å². The molecule has 4 rings (SSSR count). The molecule has 0 saturated heterocycles. The molecular weight excluding hydrogens is 549 g/mol. The Bertz CT molecular complexity index is 1220. The van der Waals surface area contributed by atoms with E-state index in [1.807, 2.05) is 49.4 Å². The minimum absolute atomic E-state index is 0.0529. The predicted octanol–water partition coefficient (Wildman–Crippen LogP) is 3.75. The lowest BCUT2D eigenvalue weighted by atomic mass is 9.94. The van der Waals surface area contributed by atoms with Crippen molar-refractivity contribution >= 4 is 40.1 Å². The maximum absolute atomic E-state index is 13.6. The van der Waals surface area contributed by atoms with Gasteiger partial charge in [0.1, 0.15) is 6.04 Å². The van der Waals surface area contributed by atoms with Crippen LogP contribution >= 0.6 is 22.6 Å². The summed E-state index contributed by atoms with van der Waals surface area (Å²) in [6.45, 7) is 1.90. The van der Waals surface area contributed by atoms with Gasteiger partial charge in [0.15, 0.2) is 17.3 Å². The molecule has 2 heterocycles. The molecule has 1 aromatic heterocycles. The summed E-state index contributed by atoms with van der Waals surface area (Å²) >= 11 is 2.22. The van der Waals surface area contributed by atoms with Crippen molar-refractivity contribution in [2.75, 3.05) is 31.5 Å². The fraction of sp³-hybridized carbons (Fsp3) is 0.292. The van der Waals surface area contributed by atoms with E-state index in [1.165, 1.54) is 0 Å². The van der Waals surface area contributed by atoms with Gasteiger partial charge in [0.2, 0.25) is 5.95 Å². The highest BCUT2D eigenvalue weighted by Gasteiger charge is 2.34. The third-order valence-corrected chi connectivity index (χ3v) is 6.24. The molecular formula is C24H26IN5O4. The van der Waals surface area contributed by atoms with Crippen LogP contribution in [0.25, 0.3) is 0 Å². The number of amides is 1. The number of carbonyl (C=O) groups excluding carboxylic acids is 1. The highest BCUT2D eigenvalue weighted by molar-refractivity contribution is 14.1. The van der Waals surface area contributed by atoms with Gasteiger partial charge in [0.25, 0.3) is 5.91 Å². The minimum Gasteiger partial charge on any atom is -0.493 e. The standard InChI is InChI=1S/C24H26IN5O4/c1-14-21(23(32)27-17-9-7-16(25)8-10-17)22(15-6-11-18(33-2)19(13-15)34-3)30-24(26-14)28-20(29-30)5-4-12-31/h6-11,13,22,31H,4-5,12H2,1-3H3,(H,27,32)(H,26,28,29)/t22-/m1/s1. The molecule has 1 aliphatic rings. The number of methoxy groups -OCH3 is 2. The number of allylic oxidation sites excluding steroid dienone is 1. The molecule has 0 aliphatic carbocycles. The molecule has 0 saturated carbocycles. The predicted molar refractivity (Wildman–Crippen MR) is 137 cm³/mol. The number of nitrogens with one attached hydrogen (secondary N) is 2. The Labute approximate surface area is 211 Å². The molecule has 0 bridgehead atoms. The lowest BCUT2D eigenvalue weighted by Gasteiger charge is -2.29. The van der Waals surface area contributed by atoms with Crippen molar-refractivity contribution < 1.29 is 19.4 Å². The second-order valence-electron chi connectivity index (χ2n) is 7.77. The van der Waals surface area contributed by atoms with Crippen molar-refractivity contribution in [1.29, 1.82) is 0 Å². The van der Waals surface area contributed by atoms with Gasteiger partial charge in [0.05, 0.1) is 19.8 Å². The molecule has 2 aromatic carbocycles. The van der Waals surface area contributed by atoms with Gasteiger partial charge >= 0.3 is 0 Å². The van der Waals surface area contributed by atoms with Crippen molar-refractivity contribution in [2.45, 2.75) is 25.8 Å². The Hall–Kier alpha value is -3.12. The van der Waals surface area contributed by atoms with Crippen LogP contribution in [0.1, 0.15) is 30.8 Å². The number of aromatic nitrogens is 3. The zero-order chi connectivity index (χ0) is 24.2. The summed E-state index contributed by atoms with van der Waals surface area (Å²) in [6, 6.07) is 12.6. The quantitative estimate of drug-likeness (QED) is 0.351. The molecule has 178 valence electrons. The molecule has 9 nitrogen and oxygen atoms in total. The summed E-state index contributed by atoms with van der Waals surface area (Å²) in [5.41, 5.74) is 2.68. The van der Waals surface area contributed by atoms with E-state index in [0.29, 0.717) is 53.1 Å². The third-order valence-electron chi connectivity index (χ3n) is 5.52. The average Bonchev–Trinajstić information content (AvgIpc) is 3.24. The normalized spacial score (nSPS) is 14.9. The van der Waals surface area contributed by atoms with Crippen molar-refractivity contribution in [1.82, 2.24) is 14.8 Å². The Morgan fingerprint density at radius 2 is 1.91 bits per heavy atom. The van der Waals surface area contributed by atoms with Gasteiger partial charge in [-0.2, -0.15) is 10.1 Å². The fourth-order valence-corrected chi connectivity index (χ4v) is 4.25. The number of benzene rings is 2. The minimum atomic E-state index is -0.546. The first-order valence-corrected chi connectivity index (χ1v) is 11.9. The summed E-state index contributed by atoms with van der Waals surface area (Å²) in [5.74, 6) is 2.03. The van der Waals surface area contributed by atoms with E-state index < -0.39 is 6.04 Å². The van der Waals surface area contributed by atoms with Crippen LogP contribution in [0.2, 0.25) is 0 Å². The van der Waals surface area contributed by atoms with Gasteiger partial charge in [0, 0.05) is 28.0 Å². The molecule has 0 radical (unpaired) electrons. The summed E-state index contributed by atoms with van der Waals surface area (Å²) < 4.78 is 13.7. The number of hydrogen-bond acceptors (Lipinski definition) is 7. The van der Waals surface area contributed by atoms with Gasteiger partial charge in [-0.1, -0.05) is 6.07 Å². The van der Waals surface area contributed by atoms with Crippen LogP contribution in [0.4, 0.5) is 11.6 Å². The SMILES string of the molecule is COc1ccc([C@@H]2C(C(=O)Nc3ccc(I)cc3)=C(C)Nc3nc(CCCO)nn32)cc1OC. The number of carbonyl (C=O) groups is 1. The second kappa shape index (κ2) is 10.4. The molecule has 0 fully saturated rings. The molecule has 1 atom stereocenters. The third kappa shape index (κ3) is 4.87. The van der Waals surface area contributed by atoms with E-state index in [-0.39, 0.29) is 12.5 Å². The van der Waals surface area contributed by atoms with E-state index in [1.54, 1.807) is 18.9 Å². The molecule has 0 unspecified atom stereocenters. The molecule has 34 heavy (non-hydrogen) atoms. The fourth-order valence-electron chi connectivity index (χ4n) is 3.90. The average molecular weight is 575 g/mol. The summed E-state index contributed by atoms with van der Waals surface area (Å²) in [5, 5.41) is 20.1. The highest BCUT2D eigenvalue weighted by atomic mass is 127. The summed E-state index contributed by atoms with van der Waals surface area (Å²) in [6.07, 6.45) is 1.08. The number of ether oxygens (including phenoxy) is 2. The van der Waals surface area contributed by atoms with Crippen LogP contribution in [-0.4, -0.2) is 46.6 Å². The van der Waals surface area contributed by atoms with E-state index in [2.05, 4.69) is 43.3 Å². The maximum Gasteiger partial charge on any atom is 0.255 e. The second-order valence-corrected chi connectivity index (χ2v) is 9.01. The number of aliphatic hydroxyl groups excluding tert-OH is 1. The van der Waals surface area contributed by atoms with Gasteiger partial charge in [-0.15, -0.1) is 0 Å². The van der Waals surface area contributed by atoms with Gasteiger partial charge in [-0.3, -0.25) is 4.79 Å². The maximum atomic E-state index is 13.6. The number of aryl methyl sites for hydroxylation is 1. The number of nitrogens with zero attached hydrogens (tertiary/aromatic N) is 3. The Kier molecular flexibility index (Phi) is 7.37. The Balaban J connectivity index is 1.79. The zero-order valence-corrected chi connectivity index (χ0v) is 21.3. The van der Waals surface area contributed by atoms with Crippen molar-refractivity contribution in [2.24, 2.45) is 0 Å². The monoisotopic (exact) mass is 575 g/mol. The first-order chi connectivity index (χ1) is 16.4. The largest absolute Gasteiger partial charge is 0.493 e. The molecule has 0 spiro atoms. The van der Waals surface area contributed by atoms with Gasteiger partial charge in [-0.25, -0.2) is 4.68 Å². The van der Waals surface area contributed by atoms with Crippen molar-refractivity contribution in [3.05, 3.63) is 68.7 Å². The topological polar surface area (TPSA) is 111 Å². The number of fused-ring (bicyclic) bond motifs is 1. The number of hydrogen-bond donors (Lipinski definition) is 3. The number of halogens is 1. The van der Waals surface area contributed by atoms with Crippen LogP contribution in [0.3, 0.4) is 0 Å². The summed E-state index contributed by atoms with van der Waals surface area (Å²) in [7, 11) is 3.15. The van der Waals surface area contributed by atoms with E-state index in [9.17, 15) is 9.90 Å². The lowest BCUT2D eigenvalue weighted by molar-refractivity contribution is -0.113. The smallest absolute Gasteiger partial charge is 0.255 e. The first-order valence-electron chi connectivity index (χ1n) is 10.8. The highest BCUT2D eigenvalue weighted by Crippen LogP contribution is 2.39. The van der Waals surface area contributed by atoms with Crippen LogP contribution in [0.15, 0.2) is 53.7 Å². The number of rotatable bonds is 8. The molecule has 1 amide bonds. The molecule has 1 aliphatic heterocycles. The Morgan fingerprint density at radius 1 is 1.18 bits per heavy atom. The van der Waals surface area contributed by atoms with Crippen LogP contribution in [0, 0.1) is 3.57 Å². The summed E-state index contributed by atoms with van der Waals surface area (Å²) in [4.78, 5) is 18.1. The zero-order valence-electron chi connectivity index (χ0n) is 19.1. The van der Waals surface area contributed by atoms with E-state index in [4.69, 9.17) is 9.47 Å². The van der Waals surface area contributed by atoms with Crippen molar-refractivity contribution in [3.63, 3.8) is 0 Å². The van der Waals surface area contributed by atoms with Crippen molar-refractivity contribution in [3.8, 4) is 11.5 Å². The first kappa shape index (κ1) is 24.0. The number of aliphatic hydroxyl groups is 1. The van der Waals surface area contributed by atoms with Crippen LogP contribution in [0.5, 0.6) is 11.5 Å². The van der Waals surface area contributed by atoms with Gasteiger partial charge in [-0.05, 0) is 77.9 Å². The van der Waals surface area contributed by atoms with E-state index >= 15 is 0 Å².